The van der Waals surface area contributed by atoms with Gasteiger partial charge in [-0.1, -0.05) is 5.16 Å². The minimum absolute atomic E-state index is 0.351. The van der Waals surface area contributed by atoms with E-state index >= 15 is 0 Å². The fourth-order valence-corrected chi connectivity index (χ4v) is 1.67. The zero-order valence-corrected chi connectivity index (χ0v) is 9.44. The SMILES string of the molecule is COc1ccc(F)cc1-c1oncc1CCN. The van der Waals surface area contributed by atoms with Gasteiger partial charge in [0.15, 0.2) is 5.76 Å². The highest BCUT2D eigenvalue weighted by molar-refractivity contribution is 5.68. The number of benzene rings is 1. The number of hydrogen-bond acceptors (Lipinski definition) is 4. The summed E-state index contributed by atoms with van der Waals surface area (Å²) in [6.45, 7) is 0.478. The standard InChI is InChI=1S/C12H13FN2O2/c1-16-11-3-2-9(13)6-10(11)12-8(4-5-14)7-15-17-12/h2-3,6-7H,4-5,14H2,1H3. The molecule has 0 spiro atoms. The Balaban J connectivity index is 2.51. The van der Waals surface area contributed by atoms with Crippen LogP contribution in [0.25, 0.3) is 11.3 Å². The Morgan fingerprint density at radius 2 is 2.29 bits per heavy atom. The van der Waals surface area contributed by atoms with E-state index in [-0.39, 0.29) is 5.82 Å². The van der Waals surface area contributed by atoms with Crippen molar-refractivity contribution in [1.29, 1.82) is 0 Å². The second-order valence-electron chi connectivity index (χ2n) is 3.56. The highest BCUT2D eigenvalue weighted by atomic mass is 19.1. The molecule has 4 nitrogen and oxygen atoms in total. The summed E-state index contributed by atoms with van der Waals surface area (Å²) in [4.78, 5) is 0. The number of hydrogen-bond donors (Lipinski definition) is 1. The van der Waals surface area contributed by atoms with E-state index in [9.17, 15) is 4.39 Å². The molecule has 5 heteroatoms. The van der Waals surface area contributed by atoms with Gasteiger partial charge in [0.1, 0.15) is 11.6 Å². The number of methoxy groups -OCH3 is 1. The zero-order valence-electron chi connectivity index (χ0n) is 9.44. The fraction of sp³-hybridized carbons (Fsp3) is 0.250. The van der Waals surface area contributed by atoms with Crippen molar-refractivity contribution in [1.82, 2.24) is 5.16 Å². The lowest BCUT2D eigenvalue weighted by molar-refractivity contribution is 0.404. The molecule has 2 aromatic rings. The summed E-state index contributed by atoms with van der Waals surface area (Å²) in [6, 6.07) is 4.25. The van der Waals surface area contributed by atoms with Crippen molar-refractivity contribution in [2.45, 2.75) is 6.42 Å². The maximum absolute atomic E-state index is 13.3. The molecular formula is C12H13FN2O2. The van der Waals surface area contributed by atoms with Crippen LogP contribution in [0.3, 0.4) is 0 Å². The predicted molar refractivity (Wildman–Crippen MR) is 61.2 cm³/mol. The van der Waals surface area contributed by atoms with Crippen molar-refractivity contribution in [3.63, 3.8) is 0 Å². The smallest absolute Gasteiger partial charge is 0.173 e. The molecule has 0 atom stereocenters. The molecule has 17 heavy (non-hydrogen) atoms. The van der Waals surface area contributed by atoms with Crippen LogP contribution < -0.4 is 10.5 Å². The quantitative estimate of drug-likeness (QED) is 0.881. The average Bonchev–Trinajstić information content (AvgIpc) is 2.77. The first-order chi connectivity index (χ1) is 8.26. The number of nitrogens with two attached hydrogens (primary N) is 1. The normalized spacial score (nSPS) is 10.5. The second kappa shape index (κ2) is 4.97. The van der Waals surface area contributed by atoms with Crippen LogP contribution in [0.5, 0.6) is 5.75 Å². The minimum atomic E-state index is -0.351. The monoisotopic (exact) mass is 236 g/mol. The number of halogens is 1. The van der Waals surface area contributed by atoms with Crippen molar-refractivity contribution < 1.29 is 13.7 Å². The zero-order chi connectivity index (χ0) is 12.3. The van der Waals surface area contributed by atoms with Gasteiger partial charge < -0.3 is 15.0 Å². The minimum Gasteiger partial charge on any atom is -0.496 e. The summed E-state index contributed by atoms with van der Waals surface area (Å²) < 4.78 is 23.6. The van der Waals surface area contributed by atoms with Crippen molar-refractivity contribution in [2.24, 2.45) is 5.73 Å². The molecule has 0 aliphatic carbocycles. The summed E-state index contributed by atoms with van der Waals surface area (Å²) in [5.41, 5.74) is 6.89. The Morgan fingerprint density at radius 3 is 3.00 bits per heavy atom. The molecule has 0 saturated carbocycles. The predicted octanol–water partition coefficient (Wildman–Crippen LogP) is 1.99. The van der Waals surface area contributed by atoms with E-state index in [1.807, 2.05) is 0 Å². The van der Waals surface area contributed by atoms with Gasteiger partial charge in [-0.15, -0.1) is 0 Å². The molecule has 1 aromatic heterocycles. The maximum atomic E-state index is 13.3. The second-order valence-corrected chi connectivity index (χ2v) is 3.56. The highest BCUT2D eigenvalue weighted by Gasteiger charge is 2.15. The highest BCUT2D eigenvalue weighted by Crippen LogP contribution is 2.32. The van der Waals surface area contributed by atoms with Crippen LogP contribution in [0.1, 0.15) is 5.56 Å². The summed E-state index contributed by atoms with van der Waals surface area (Å²) >= 11 is 0. The molecule has 0 saturated heterocycles. The van der Waals surface area contributed by atoms with Crippen LogP contribution in [0, 0.1) is 5.82 Å². The Morgan fingerprint density at radius 1 is 1.47 bits per heavy atom. The van der Waals surface area contributed by atoms with Gasteiger partial charge in [0.05, 0.1) is 18.9 Å². The van der Waals surface area contributed by atoms with Crippen molar-refractivity contribution in [3.05, 3.63) is 35.8 Å². The van der Waals surface area contributed by atoms with Gasteiger partial charge in [-0.2, -0.15) is 0 Å². The van der Waals surface area contributed by atoms with Crippen LogP contribution in [0.4, 0.5) is 4.39 Å². The molecule has 1 aromatic carbocycles. The topological polar surface area (TPSA) is 61.3 Å². The molecule has 0 radical (unpaired) electrons. The first-order valence-corrected chi connectivity index (χ1v) is 5.23. The molecule has 90 valence electrons. The number of ether oxygens (including phenoxy) is 1. The number of aromatic nitrogens is 1. The lowest BCUT2D eigenvalue weighted by atomic mass is 10.1. The van der Waals surface area contributed by atoms with Gasteiger partial charge in [0, 0.05) is 5.56 Å². The molecule has 0 bridgehead atoms. The van der Waals surface area contributed by atoms with Gasteiger partial charge in [-0.3, -0.25) is 0 Å². The summed E-state index contributed by atoms with van der Waals surface area (Å²) in [5, 5.41) is 3.71. The molecular weight excluding hydrogens is 223 g/mol. The summed E-state index contributed by atoms with van der Waals surface area (Å²) in [5.74, 6) is 0.698. The Labute approximate surface area is 98.2 Å². The first kappa shape index (κ1) is 11.6. The largest absolute Gasteiger partial charge is 0.496 e. The lowest BCUT2D eigenvalue weighted by Gasteiger charge is -2.07. The number of nitrogens with zero attached hydrogens (tertiary/aromatic N) is 1. The van der Waals surface area contributed by atoms with Crippen molar-refractivity contribution >= 4 is 0 Å². The molecule has 0 amide bonds. The van der Waals surface area contributed by atoms with Gasteiger partial charge in [-0.25, -0.2) is 4.39 Å². The fourth-order valence-electron chi connectivity index (χ4n) is 1.67. The summed E-state index contributed by atoms with van der Waals surface area (Å²) in [6.07, 6.45) is 2.21. The third kappa shape index (κ3) is 2.29. The molecule has 2 rings (SSSR count). The lowest BCUT2D eigenvalue weighted by Crippen LogP contribution is -2.02. The molecule has 1 heterocycles. The molecule has 0 unspecified atom stereocenters. The van der Waals surface area contributed by atoms with E-state index in [4.69, 9.17) is 15.0 Å². The van der Waals surface area contributed by atoms with Crippen LogP contribution >= 0.6 is 0 Å². The van der Waals surface area contributed by atoms with Gasteiger partial charge in [0.25, 0.3) is 0 Å². The van der Waals surface area contributed by atoms with E-state index < -0.39 is 0 Å². The maximum Gasteiger partial charge on any atom is 0.173 e. The molecule has 0 fully saturated rings. The van der Waals surface area contributed by atoms with Gasteiger partial charge in [0.2, 0.25) is 0 Å². The first-order valence-electron chi connectivity index (χ1n) is 5.23. The van der Waals surface area contributed by atoms with E-state index in [1.165, 1.54) is 19.2 Å². The van der Waals surface area contributed by atoms with Crippen LogP contribution in [0.2, 0.25) is 0 Å². The molecule has 2 N–H and O–H groups in total. The van der Waals surface area contributed by atoms with E-state index in [0.717, 1.165) is 5.56 Å². The van der Waals surface area contributed by atoms with E-state index in [2.05, 4.69) is 5.16 Å². The average molecular weight is 236 g/mol. The van der Waals surface area contributed by atoms with Crippen LogP contribution in [0.15, 0.2) is 28.9 Å². The number of rotatable bonds is 4. The van der Waals surface area contributed by atoms with Gasteiger partial charge >= 0.3 is 0 Å². The molecule has 0 aliphatic rings. The van der Waals surface area contributed by atoms with Crippen LogP contribution in [-0.2, 0) is 6.42 Å². The Kier molecular flexibility index (Phi) is 3.39. The van der Waals surface area contributed by atoms with Crippen molar-refractivity contribution in [2.75, 3.05) is 13.7 Å². The third-order valence-electron chi connectivity index (χ3n) is 2.46. The Bertz CT molecular complexity index is 511. The van der Waals surface area contributed by atoms with Crippen molar-refractivity contribution in [3.8, 4) is 17.1 Å². The Hall–Kier alpha value is -1.88. The van der Waals surface area contributed by atoms with E-state index in [0.29, 0.717) is 30.0 Å². The molecule has 0 aliphatic heterocycles. The van der Waals surface area contributed by atoms with E-state index in [1.54, 1.807) is 12.3 Å². The van der Waals surface area contributed by atoms with Crippen LogP contribution in [-0.4, -0.2) is 18.8 Å². The summed E-state index contributed by atoms with van der Waals surface area (Å²) in [7, 11) is 1.52. The third-order valence-corrected chi connectivity index (χ3v) is 2.46. The van der Waals surface area contributed by atoms with Gasteiger partial charge in [-0.05, 0) is 31.2 Å².